The molecule has 0 bridgehead atoms. The number of nitrogens with one attached hydrogen (secondary N) is 1. The molecule has 0 spiro atoms. The van der Waals surface area contributed by atoms with Gasteiger partial charge in [0.2, 0.25) is 17.7 Å². The lowest BCUT2D eigenvalue weighted by molar-refractivity contribution is -0.139. The van der Waals surface area contributed by atoms with E-state index in [1.165, 1.54) is 17.0 Å². The van der Waals surface area contributed by atoms with Crippen molar-refractivity contribution in [2.45, 2.75) is 63.5 Å². The Morgan fingerprint density at radius 2 is 1.77 bits per heavy atom. The Hall–Kier alpha value is -2.77. The van der Waals surface area contributed by atoms with E-state index in [1.807, 2.05) is 4.90 Å². The van der Waals surface area contributed by atoms with E-state index in [0.717, 1.165) is 43.2 Å². The molecule has 1 saturated carbocycles. The summed E-state index contributed by atoms with van der Waals surface area (Å²) in [4.78, 5) is 52.7. The maximum atomic E-state index is 14.5. The van der Waals surface area contributed by atoms with E-state index in [4.69, 9.17) is 0 Å². The van der Waals surface area contributed by atoms with Crippen LogP contribution in [-0.4, -0.2) is 52.6 Å². The van der Waals surface area contributed by atoms with Gasteiger partial charge in [0.25, 0.3) is 5.91 Å². The largest absolute Gasteiger partial charge is 0.342 e. The fourth-order valence-corrected chi connectivity index (χ4v) is 5.34. The van der Waals surface area contributed by atoms with Crippen molar-refractivity contribution in [2.75, 3.05) is 13.1 Å². The maximum Gasteiger partial charge on any atom is 0.255 e. The van der Waals surface area contributed by atoms with Gasteiger partial charge in [-0.1, -0.05) is 6.42 Å². The second-order valence-corrected chi connectivity index (χ2v) is 9.15. The maximum absolute atomic E-state index is 14.5. The van der Waals surface area contributed by atoms with Crippen molar-refractivity contribution in [3.8, 4) is 0 Å². The van der Waals surface area contributed by atoms with Gasteiger partial charge in [0.05, 0.1) is 0 Å². The first-order valence-electron chi connectivity index (χ1n) is 11.2. The van der Waals surface area contributed by atoms with Crippen molar-refractivity contribution in [1.82, 2.24) is 15.1 Å². The van der Waals surface area contributed by atoms with E-state index in [9.17, 15) is 23.6 Å². The Bertz CT molecular complexity index is 966. The molecule has 4 aliphatic rings. The van der Waals surface area contributed by atoms with Gasteiger partial charge in [0.1, 0.15) is 11.9 Å². The normalized spacial score (nSPS) is 24.8. The fraction of sp³-hybridized carbons (Fsp3) is 0.565. The first-order chi connectivity index (χ1) is 14.9. The van der Waals surface area contributed by atoms with Gasteiger partial charge < -0.3 is 9.80 Å². The molecular formula is C23H26FN3O4. The Labute approximate surface area is 179 Å². The molecule has 7 nitrogen and oxygen atoms in total. The third-order valence-corrected chi connectivity index (χ3v) is 7.36. The Balaban J connectivity index is 1.34. The average Bonchev–Trinajstić information content (AvgIpc) is 3.02. The average molecular weight is 427 g/mol. The molecule has 3 heterocycles. The molecule has 164 valence electrons. The van der Waals surface area contributed by atoms with Crippen LogP contribution in [0.5, 0.6) is 0 Å². The number of nitrogens with zero attached hydrogens (tertiary/aromatic N) is 2. The number of likely N-dealkylation sites (tertiary alicyclic amines) is 1. The first kappa shape index (κ1) is 20.2. The van der Waals surface area contributed by atoms with E-state index in [-0.39, 0.29) is 48.9 Å². The quantitative estimate of drug-likeness (QED) is 0.749. The molecule has 1 atom stereocenters. The van der Waals surface area contributed by atoms with Gasteiger partial charge in [-0.3, -0.25) is 24.5 Å². The summed E-state index contributed by atoms with van der Waals surface area (Å²) in [6.07, 6.45) is 5.03. The van der Waals surface area contributed by atoms with Gasteiger partial charge in [-0.25, -0.2) is 4.39 Å². The lowest BCUT2D eigenvalue weighted by Gasteiger charge is -2.37. The van der Waals surface area contributed by atoms with E-state index < -0.39 is 17.8 Å². The number of piperidine rings is 2. The molecule has 0 aromatic heterocycles. The predicted molar refractivity (Wildman–Crippen MR) is 108 cm³/mol. The van der Waals surface area contributed by atoms with Crippen molar-refractivity contribution in [3.63, 3.8) is 0 Å². The van der Waals surface area contributed by atoms with Crippen molar-refractivity contribution < 1.29 is 23.6 Å². The molecule has 1 aromatic rings. The van der Waals surface area contributed by atoms with Gasteiger partial charge in [-0.2, -0.15) is 0 Å². The van der Waals surface area contributed by atoms with Crippen LogP contribution in [0.25, 0.3) is 0 Å². The number of carbonyl (C=O) groups is 4. The zero-order valence-electron chi connectivity index (χ0n) is 17.4. The second kappa shape index (κ2) is 7.73. The minimum absolute atomic E-state index is 0.0735. The van der Waals surface area contributed by atoms with Crippen LogP contribution < -0.4 is 5.32 Å². The minimum Gasteiger partial charge on any atom is -0.342 e. The van der Waals surface area contributed by atoms with Crippen LogP contribution in [0.2, 0.25) is 0 Å². The molecule has 31 heavy (non-hydrogen) atoms. The summed E-state index contributed by atoms with van der Waals surface area (Å²) in [5, 5.41) is 2.29. The standard InChI is InChI=1S/C23H26FN3O4/c24-15-10-16(13-6-8-26(9-7-13)22(30)14-2-1-3-14)18-12-27(23(31)17(18)11-15)19-4-5-20(28)25-21(19)29/h10-11,13-14,19H,1-9,12H2,(H,25,28,29). The Morgan fingerprint density at radius 1 is 1.03 bits per heavy atom. The third-order valence-electron chi connectivity index (χ3n) is 7.36. The zero-order valence-corrected chi connectivity index (χ0v) is 17.4. The van der Waals surface area contributed by atoms with Crippen LogP contribution in [0.1, 0.15) is 72.3 Å². The SMILES string of the molecule is O=C1CCC(N2Cc3c(cc(F)cc3C3CCN(C(=O)C4CCC4)CC3)C2=O)C(=O)N1. The Kier molecular flexibility index (Phi) is 5.02. The zero-order chi connectivity index (χ0) is 21.7. The molecule has 1 aromatic carbocycles. The summed E-state index contributed by atoms with van der Waals surface area (Å²) in [6.45, 7) is 1.55. The van der Waals surface area contributed by atoms with Gasteiger partial charge in [-0.05, 0) is 61.3 Å². The molecule has 0 radical (unpaired) electrons. The highest BCUT2D eigenvalue weighted by atomic mass is 19.1. The van der Waals surface area contributed by atoms with E-state index >= 15 is 0 Å². The van der Waals surface area contributed by atoms with E-state index in [0.29, 0.717) is 18.7 Å². The van der Waals surface area contributed by atoms with Crippen LogP contribution in [0.4, 0.5) is 4.39 Å². The van der Waals surface area contributed by atoms with Gasteiger partial charge in [0.15, 0.2) is 0 Å². The number of hydrogen-bond donors (Lipinski definition) is 1. The first-order valence-corrected chi connectivity index (χ1v) is 11.2. The summed E-state index contributed by atoms with van der Waals surface area (Å²) in [5.41, 5.74) is 1.90. The smallest absolute Gasteiger partial charge is 0.255 e. The summed E-state index contributed by atoms with van der Waals surface area (Å²) < 4.78 is 14.5. The van der Waals surface area contributed by atoms with Crippen LogP contribution in [-0.2, 0) is 20.9 Å². The highest BCUT2D eigenvalue weighted by Crippen LogP contribution is 2.38. The van der Waals surface area contributed by atoms with Gasteiger partial charge in [-0.15, -0.1) is 0 Å². The van der Waals surface area contributed by atoms with Crippen molar-refractivity contribution in [2.24, 2.45) is 5.92 Å². The third kappa shape index (κ3) is 3.51. The number of carbonyl (C=O) groups excluding carboxylic acids is 4. The minimum atomic E-state index is -0.713. The van der Waals surface area contributed by atoms with Crippen LogP contribution in [0.3, 0.4) is 0 Å². The highest BCUT2D eigenvalue weighted by Gasteiger charge is 2.41. The number of rotatable bonds is 3. The van der Waals surface area contributed by atoms with E-state index in [1.54, 1.807) is 0 Å². The molecule has 2 saturated heterocycles. The number of benzene rings is 1. The fourth-order valence-electron chi connectivity index (χ4n) is 5.34. The monoisotopic (exact) mass is 427 g/mol. The van der Waals surface area contributed by atoms with Crippen molar-refractivity contribution in [1.29, 1.82) is 0 Å². The van der Waals surface area contributed by atoms with Gasteiger partial charge >= 0.3 is 0 Å². The van der Waals surface area contributed by atoms with Crippen LogP contribution in [0, 0.1) is 11.7 Å². The molecule has 1 unspecified atom stereocenters. The molecule has 3 aliphatic heterocycles. The number of imide groups is 1. The molecule has 5 rings (SSSR count). The molecule has 8 heteroatoms. The number of fused-ring (bicyclic) bond motifs is 1. The summed E-state index contributed by atoms with van der Waals surface area (Å²) in [6, 6.07) is 2.05. The lowest BCUT2D eigenvalue weighted by atomic mass is 9.82. The predicted octanol–water partition coefficient (Wildman–Crippen LogP) is 2.09. The molecule has 4 amide bonds. The molecule has 1 aliphatic carbocycles. The second-order valence-electron chi connectivity index (χ2n) is 9.15. The summed E-state index contributed by atoms with van der Waals surface area (Å²) in [7, 11) is 0. The van der Waals surface area contributed by atoms with Crippen LogP contribution in [0.15, 0.2) is 12.1 Å². The molecule has 1 N–H and O–H groups in total. The highest BCUT2D eigenvalue weighted by molar-refractivity contribution is 6.05. The van der Waals surface area contributed by atoms with Crippen molar-refractivity contribution >= 4 is 23.6 Å². The molecule has 3 fully saturated rings. The number of hydrogen-bond acceptors (Lipinski definition) is 4. The number of halogens is 1. The summed E-state index contributed by atoms with van der Waals surface area (Å²) >= 11 is 0. The van der Waals surface area contributed by atoms with Crippen molar-refractivity contribution in [3.05, 3.63) is 34.6 Å². The number of amides is 4. The van der Waals surface area contributed by atoms with Gasteiger partial charge in [0, 0.05) is 37.5 Å². The lowest BCUT2D eigenvalue weighted by Crippen LogP contribution is -2.52. The van der Waals surface area contributed by atoms with E-state index in [2.05, 4.69) is 5.32 Å². The summed E-state index contributed by atoms with van der Waals surface area (Å²) in [5.74, 6) is -1.13. The Morgan fingerprint density at radius 3 is 2.42 bits per heavy atom. The van der Waals surface area contributed by atoms with Crippen LogP contribution >= 0.6 is 0 Å². The molecular weight excluding hydrogens is 401 g/mol. The topological polar surface area (TPSA) is 86.8 Å².